The van der Waals surface area contributed by atoms with Crippen LogP contribution in [0, 0.1) is 0 Å². The first-order chi connectivity index (χ1) is 12.6. The lowest BCUT2D eigenvalue weighted by atomic mass is 9.80. The molecule has 7 nitrogen and oxygen atoms in total. The maximum atomic E-state index is 12.2. The minimum atomic E-state index is -0.803. The quantitative estimate of drug-likeness (QED) is 0.582. The number of methoxy groups -OCH3 is 1. The molecular formula is C20H33N3O4. The smallest absolute Gasteiger partial charge is 0.315 e. The second-order valence-electron chi connectivity index (χ2n) is 8.50. The van der Waals surface area contributed by atoms with E-state index in [9.17, 15) is 9.90 Å². The van der Waals surface area contributed by atoms with Crippen LogP contribution in [0.5, 0.6) is 11.5 Å². The van der Waals surface area contributed by atoms with Gasteiger partial charge in [-0.05, 0) is 52.7 Å². The summed E-state index contributed by atoms with van der Waals surface area (Å²) in [5, 5.41) is 19.4. The number of aliphatic hydroxyl groups excluding tert-OH is 1. The van der Waals surface area contributed by atoms with Gasteiger partial charge in [-0.15, -0.1) is 0 Å². The number of rotatable bonds is 7. The van der Waals surface area contributed by atoms with E-state index < -0.39 is 6.10 Å². The van der Waals surface area contributed by atoms with Crippen molar-refractivity contribution in [3.8, 4) is 11.5 Å². The highest BCUT2D eigenvalue weighted by molar-refractivity contribution is 5.74. The molecule has 4 N–H and O–H groups in total. The van der Waals surface area contributed by atoms with Crippen molar-refractivity contribution in [1.29, 1.82) is 0 Å². The molecule has 1 unspecified atom stereocenters. The summed E-state index contributed by atoms with van der Waals surface area (Å²) in [4.78, 5) is 12.2. The number of urea groups is 1. The molecule has 1 aromatic carbocycles. The van der Waals surface area contributed by atoms with Gasteiger partial charge in [-0.3, -0.25) is 0 Å². The summed E-state index contributed by atoms with van der Waals surface area (Å²) in [5.41, 5.74) is -0.0758. The zero-order chi connectivity index (χ0) is 20.1. The standard InChI is InChI=1S/C20H33N3O4/c1-19(2)10-14(11-20(3,4)23-19)22-18(25)21-12-15(24)13-27-17-8-6-7-16(9-17)26-5/h6-9,14-15,23-24H,10-13H2,1-5H3,(H2,21,22,25). The summed E-state index contributed by atoms with van der Waals surface area (Å²) >= 11 is 0. The average molecular weight is 380 g/mol. The maximum absolute atomic E-state index is 12.2. The lowest BCUT2D eigenvalue weighted by Gasteiger charge is -2.46. The van der Waals surface area contributed by atoms with Gasteiger partial charge in [0.25, 0.3) is 0 Å². The number of benzene rings is 1. The fourth-order valence-corrected chi connectivity index (χ4v) is 3.81. The van der Waals surface area contributed by atoms with Crippen molar-refractivity contribution in [1.82, 2.24) is 16.0 Å². The van der Waals surface area contributed by atoms with E-state index in [1.54, 1.807) is 19.2 Å². The predicted octanol–water partition coefficient (Wildman–Crippen LogP) is 2.04. The molecule has 1 atom stereocenters. The van der Waals surface area contributed by atoms with Crippen molar-refractivity contribution in [2.75, 3.05) is 20.3 Å². The number of piperidine rings is 1. The third-order valence-electron chi connectivity index (χ3n) is 4.51. The Morgan fingerprint density at radius 3 is 2.52 bits per heavy atom. The van der Waals surface area contributed by atoms with Crippen molar-refractivity contribution in [3.63, 3.8) is 0 Å². The number of aliphatic hydroxyl groups is 1. The van der Waals surface area contributed by atoms with Gasteiger partial charge in [-0.1, -0.05) is 6.07 Å². The molecule has 152 valence electrons. The Morgan fingerprint density at radius 2 is 1.89 bits per heavy atom. The molecule has 0 radical (unpaired) electrons. The van der Waals surface area contributed by atoms with Crippen LogP contribution in [0.25, 0.3) is 0 Å². The Hall–Kier alpha value is -1.99. The third-order valence-corrected chi connectivity index (χ3v) is 4.51. The number of carbonyl (C=O) groups is 1. The highest BCUT2D eigenvalue weighted by Gasteiger charge is 2.38. The van der Waals surface area contributed by atoms with Crippen LogP contribution >= 0.6 is 0 Å². The van der Waals surface area contributed by atoms with E-state index in [2.05, 4.69) is 43.6 Å². The van der Waals surface area contributed by atoms with Gasteiger partial charge in [0, 0.05) is 29.7 Å². The number of hydrogen-bond donors (Lipinski definition) is 4. The van der Waals surface area contributed by atoms with Gasteiger partial charge < -0.3 is 30.5 Å². The third kappa shape index (κ3) is 7.27. The molecule has 1 aliphatic rings. The maximum Gasteiger partial charge on any atom is 0.315 e. The minimum absolute atomic E-state index is 0.0379. The Kier molecular flexibility index (Phi) is 6.95. The van der Waals surface area contributed by atoms with E-state index in [0.717, 1.165) is 12.8 Å². The molecule has 1 saturated heterocycles. The molecule has 0 saturated carbocycles. The second-order valence-corrected chi connectivity index (χ2v) is 8.50. The summed E-state index contributed by atoms with van der Waals surface area (Å²) < 4.78 is 10.7. The minimum Gasteiger partial charge on any atom is -0.497 e. The van der Waals surface area contributed by atoms with Gasteiger partial charge >= 0.3 is 6.03 Å². The summed E-state index contributed by atoms with van der Waals surface area (Å²) in [6.07, 6.45) is 0.902. The van der Waals surface area contributed by atoms with Crippen LogP contribution in [0.2, 0.25) is 0 Å². The van der Waals surface area contributed by atoms with E-state index in [4.69, 9.17) is 9.47 Å². The summed E-state index contributed by atoms with van der Waals surface area (Å²) in [5.74, 6) is 1.30. The molecule has 2 amide bonds. The van der Waals surface area contributed by atoms with Gasteiger partial charge in [-0.25, -0.2) is 4.79 Å². The molecule has 0 bridgehead atoms. The van der Waals surface area contributed by atoms with Gasteiger partial charge in [0.2, 0.25) is 0 Å². The fraction of sp³-hybridized carbons (Fsp3) is 0.650. The molecule has 1 fully saturated rings. The molecule has 0 spiro atoms. The Balaban J connectivity index is 1.73. The monoisotopic (exact) mass is 379 g/mol. The van der Waals surface area contributed by atoms with Crippen LogP contribution in [0.3, 0.4) is 0 Å². The normalized spacial score (nSPS) is 19.8. The van der Waals surface area contributed by atoms with Gasteiger partial charge in [0.1, 0.15) is 24.2 Å². The SMILES string of the molecule is COc1cccc(OCC(O)CNC(=O)NC2CC(C)(C)NC(C)(C)C2)c1. The lowest BCUT2D eigenvalue weighted by Crippen LogP contribution is -2.62. The van der Waals surface area contributed by atoms with E-state index >= 15 is 0 Å². The predicted molar refractivity (Wildman–Crippen MR) is 105 cm³/mol. The highest BCUT2D eigenvalue weighted by Crippen LogP contribution is 2.28. The molecule has 0 aliphatic carbocycles. The number of amides is 2. The zero-order valence-corrected chi connectivity index (χ0v) is 17.0. The van der Waals surface area contributed by atoms with Crippen molar-refractivity contribution < 1.29 is 19.4 Å². The first kappa shape index (κ1) is 21.3. The average Bonchev–Trinajstić information content (AvgIpc) is 2.55. The van der Waals surface area contributed by atoms with Crippen molar-refractivity contribution in [2.45, 2.75) is 63.8 Å². The lowest BCUT2D eigenvalue weighted by molar-refractivity contribution is 0.106. The van der Waals surface area contributed by atoms with Crippen LogP contribution in [0.4, 0.5) is 4.79 Å². The van der Waals surface area contributed by atoms with Gasteiger partial charge in [0.15, 0.2) is 0 Å². The molecule has 1 aromatic rings. The zero-order valence-electron chi connectivity index (χ0n) is 17.0. The van der Waals surface area contributed by atoms with Crippen LogP contribution < -0.4 is 25.4 Å². The summed E-state index contributed by atoms with van der Waals surface area (Å²) in [6, 6.07) is 6.98. The van der Waals surface area contributed by atoms with Crippen LogP contribution in [0.15, 0.2) is 24.3 Å². The first-order valence-corrected chi connectivity index (χ1v) is 9.37. The number of hydrogen-bond acceptors (Lipinski definition) is 5. The van der Waals surface area contributed by atoms with E-state index in [0.29, 0.717) is 11.5 Å². The highest BCUT2D eigenvalue weighted by atomic mass is 16.5. The second kappa shape index (κ2) is 8.80. The van der Waals surface area contributed by atoms with Crippen molar-refractivity contribution >= 4 is 6.03 Å². The molecule has 7 heteroatoms. The molecule has 2 rings (SSSR count). The van der Waals surface area contributed by atoms with E-state index in [1.165, 1.54) is 0 Å². The summed E-state index contributed by atoms with van der Waals surface area (Å²) in [6.45, 7) is 8.76. The van der Waals surface area contributed by atoms with E-state index in [1.807, 2.05) is 12.1 Å². The molecule has 1 heterocycles. The van der Waals surface area contributed by atoms with Crippen molar-refractivity contribution in [3.05, 3.63) is 24.3 Å². The number of carbonyl (C=O) groups excluding carboxylic acids is 1. The van der Waals surface area contributed by atoms with Crippen molar-refractivity contribution in [2.24, 2.45) is 0 Å². The fourth-order valence-electron chi connectivity index (χ4n) is 3.81. The topological polar surface area (TPSA) is 91.8 Å². The molecular weight excluding hydrogens is 346 g/mol. The first-order valence-electron chi connectivity index (χ1n) is 9.37. The Bertz CT molecular complexity index is 617. The van der Waals surface area contributed by atoms with E-state index in [-0.39, 0.29) is 36.3 Å². The Morgan fingerprint density at radius 1 is 1.26 bits per heavy atom. The number of ether oxygens (including phenoxy) is 2. The number of nitrogens with one attached hydrogen (secondary N) is 3. The largest absolute Gasteiger partial charge is 0.497 e. The van der Waals surface area contributed by atoms with Gasteiger partial charge in [0.05, 0.1) is 7.11 Å². The van der Waals surface area contributed by atoms with Crippen LogP contribution in [-0.4, -0.2) is 54.6 Å². The van der Waals surface area contributed by atoms with Crippen LogP contribution in [-0.2, 0) is 0 Å². The van der Waals surface area contributed by atoms with Crippen LogP contribution in [0.1, 0.15) is 40.5 Å². The Labute approximate surface area is 161 Å². The molecule has 0 aromatic heterocycles. The van der Waals surface area contributed by atoms with Gasteiger partial charge in [-0.2, -0.15) is 0 Å². The summed E-state index contributed by atoms with van der Waals surface area (Å²) in [7, 11) is 1.58. The molecule has 27 heavy (non-hydrogen) atoms. The molecule has 1 aliphatic heterocycles.